The number of benzene rings is 1. The highest BCUT2D eigenvalue weighted by Gasteiger charge is 2.23. The molecule has 1 atom stereocenters. The number of para-hydroxylation sites is 2. The summed E-state index contributed by atoms with van der Waals surface area (Å²) < 4.78 is 7.26. The van der Waals surface area contributed by atoms with Gasteiger partial charge < -0.3 is 14.4 Å². The zero-order chi connectivity index (χ0) is 17.9. The third-order valence-electron chi connectivity index (χ3n) is 5.11. The molecule has 1 aromatic carbocycles. The van der Waals surface area contributed by atoms with Gasteiger partial charge in [0.05, 0.1) is 17.4 Å². The Morgan fingerprint density at radius 3 is 3.00 bits per heavy atom. The molecule has 3 aromatic rings. The molecule has 4 rings (SSSR count). The monoisotopic (exact) mass is 353 g/mol. The molecular weight excluding hydrogens is 330 g/mol. The minimum Gasteiger partial charge on any atom is -0.354 e. The summed E-state index contributed by atoms with van der Waals surface area (Å²) in [5, 5.41) is 6.99. The lowest BCUT2D eigenvalue weighted by molar-refractivity contribution is -0.123. The Morgan fingerprint density at radius 2 is 2.15 bits per heavy atom. The van der Waals surface area contributed by atoms with Gasteiger partial charge in [-0.3, -0.25) is 4.79 Å². The van der Waals surface area contributed by atoms with Crippen molar-refractivity contribution in [1.29, 1.82) is 0 Å². The number of nitrogens with zero attached hydrogens (tertiary/aromatic N) is 4. The fourth-order valence-electron chi connectivity index (χ4n) is 3.57. The topological polar surface area (TPSA) is 85.8 Å². The largest absolute Gasteiger partial charge is 0.354 e. The van der Waals surface area contributed by atoms with E-state index in [0.717, 1.165) is 29.8 Å². The normalized spacial score (nSPS) is 16.2. The van der Waals surface area contributed by atoms with Gasteiger partial charge in [-0.2, -0.15) is 4.98 Å². The Labute approximate surface area is 151 Å². The number of fused-ring (bicyclic) bond motifs is 1. The van der Waals surface area contributed by atoms with Crippen molar-refractivity contribution >= 4 is 16.9 Å². The molecule has 2 heterocycles. The van der Waals surface area contributed by atoms with Crippen molar-refractivity contribution in [1.82, 2.24) is 25.0 Å². The van der Waals surface area contributed by atoms with Gasteiger partial charge in [-0.15, -0.1) is 0 Å². The molecule has 1 aliphatic carbocycles. The minimum atomic E-state index is -0.332. The van der Waals surface area contributed by atoms with Gasteiger partial charge in [-0.05, 0) is 31.9 Å². The van der Waals surface area contributed by atoms with Crippen LogP contribution in [0.3, 0.4) is 0 Å². The second-order valence-corrected chi connectivity index (χ2v) is 6.89. The van der Waals surface area contributed by atoms with E-state index in [1.165, 1.54) is 12.8 Å². The Bertz CT molecular complexity index is 894. The van der Waals surface area contributed by atoms with E-state index in [4.69, 9.17) is 4.52 Å². The molecule has 26 heavy (non-hydrogen) atoms. The lowest BCUT2D eigenvalue weighted by Crippen LogP contribution is -2.32. The number of nitrogens with one attached hydrogen (secondary N) is 1. The van der Waals surface area contributed by atoms with Gasteiger partial charge >= 0.3 is 0 Å². The Morgan fingerprint density at radius 1 is 1.35 bits per heavy atom. The van der Waals surface area contributed by atoms with E-state index in [-0.39, 0.29) is 11.9 Å². The van der Waals surface area contributed by atoms with E-state index in [1.54, 1.807) is 6.33 Å². The van der Waals surface area contributed by atoms with Gasteiger partial charge in [0.2, 0.25) is 11.8 Å². The van der Waals surface area contributed by atoms with Gasteiger partial charge in [-0.1, -0.05) is 30.1 Å². The van der Waals surface area contributed by atoms with Crippen molar-refractivity contribution in [2.24, 2.45) is 0 Å². The molecule has 7 heteroatoms. The number of hydrogen-bond donors (Lipinski definition) is 1. The van der Waals surface area contributed by atoms with Gasteiger partial charge in [0.1, 0.15) is 6.04 Å². The van der Waals surface area contributed by atoms with Gasteiger partial charge in [0.25, 0.3) is 0 Å². The zero-order valence-electron chi connectivity index (χ0n) is 14.9. The molecule has 2 aromatic heterocycles. The number of hydrogen-bond acceptors (Lipinski definition) is 5. The van der Waals surface area contributed by atoms with Crippen molar-refractivity contribution in [3.8, 4) is 0 Å². The van der Waals surface area contributed by atoms with E-state index in [1.807, 2.05) is 35.8 Å². The van der Waals surface area contributed by atoms with Crippen molar-refractivity contribution < 1.29 is 9.32 Å². The smallest absolute Gasteiger partial charge is 0.242 e. The SMILES string of the molecule is C[C@H](C(=O)NCCc1noc(C2CCCC2)n1)n1cnc2ccccc21. The Hall–Kier alpha value is -2.70. The Kier molecular flexibility index (Phi) is 4.69. The van der Waals surface area contributed by atoms with Crippen LogP contribution in [0.1, 0.15) is 56.3 Å². The third-order valence-corrected chi connectivity index (χ3v) is 5.11. The van der Waals surface area contributed by atoms with Crippen LogP contribution in [0, 0.1) is 0 Å². The predicted octanol–water partition coefficient (Wildman–Crippen LogP) is 3.00. The molecule has 0 saturated heterocycles. The highest BCUT2D eigenvalue weighted by Crippen LogP contribution is 2.32. The van der Waals surface area contributed by atoms with Crippen LogP contribution in [0.4, 0.5) is 0 Å². The average Bonchev–Trinajstić information content (AvgIpc) is 3.40. The van der Waals surface area contributed by atoms with Crippen LogP contribution in [0.2, 0.25) is 0 Å². The lowest BCUT2D eigenvalue weighted by atomic mass is 10.1. The van der Waals surface area contributed by atoms with Gasteiger partial charge in [0.15, 0.2) is 5.82 Å². The molecule has 7 nitrogen and oxygen atoms in total. The maximum atomic E-state index is 12.5. The fraction of sp³-hybridized carbons (Fsp3) is 0.474. The van der Waals surface area contributed by atoms with Gasteiger partial charge in [-0.25, -0.2) is 4.98 Å². The molecule has 1 amide bonds. The van der Waals surface area contributed by atoms with Crippen molar-refractivity contribution in [3.63, 3.8) is 0 Å². The van der Waals surface area contributed by atoms with Crippen molar-refractivity contribution in [3.05, 3.63) is 42.3 Å². The van der Waals surface area contributed by atoms with Crippen LogP contribution >= 0.6 is 0 Å². The fourth-order valence-corrected chi connectivity index (χ4v) is 3.57. The van der Waals surface area contributed by atoms with E-state index < -0.39 is 0 Å². The summed E-state index contributed by atoms with van der Waals surface area (Å²) in [7, 11) is 0. The summed E-state index contributed by atoms with van der Waals surface area (Å²) in [5.74, 6) is 1.78. The zero-order valence-corrected chi connectivity index (χ0v) is 14.9. The predicted molar refractivity (Wildman–Crippen MR) is 96.7 cm³/mol. The first-order chi connectivity index (χ1) is 12.7. The third kappa shape index (κ3) is 3.34. The average molecular weight is 353 g/mol. The van der Waals surface area contributed by atoms with Crippen LogP contribution in [-0.4, -0.2) is 32.1 Å². The first kappa shape index (κ1) is 16.8. The summed E-state index contributed by atoms with van der Waals surface area (Å²) >= 11 is 0. The van der Waals surface area contributed by atoms with Crippen LogP contribution in [0.25, 0.3) is 11.0 Å². The van der Waals surface area contributed by atoms with Gasteiger partial charge in [0, 0.05) is 18.9 Å². The number of aromatic nitrogens is 4. The van der Waals surface area contributed by atoms with E-state index >= 15 is 0 Å². The molecule has 0 aliphatic heterocycles. The second kappa shape index (κ2) is 7.27. The molecule has 136 valence electrons. The number of carbonyl (C=O) groups excluding carboxylic acids is 1. The summed E-state index contributed by atoms with van der Waals surface area (Å²) in [6.45, 7) is 2.36. The minimum absolute atomic E-state index is 0.0485. The molecule has 0 radical (unpaired) electrons. The summed E-state index contributed by atoms with van der Waals surface area (Å²) in [5.41, 5.74) is 1.84. The molecule has 0 unspecified atom stereocenters. The summed E-state index contributed by atoms with van der Waals surface area (Å²) in [4.78, 5) is 21.3. The van der Waals surface area contributed by atoms with E-state index in [2.05, 4.69) is 20.4 Å². The van der Waals surface area contributed by atoms with E-state index in [0.29, 0.717) is 24.7 Å². The number of imidazole rings is 1. The first-order valence-electron chi connectivity index (χ1n) is 9.24. The van der Waals surface area contributed by atoms with Crippen LogP contribution in [0.5, 0.6) is 0 Å². The number of amides is 1. The molecule has 1 N–H and O–H groups in total. The quantitative estimate of drug-likeness (QED) is 0.736. The summed E-state index contributed by atoms with van der Waals surface area (Å²) in [6, 6.07) is 7.46. The number of rotatable bonds is 6. The highest BCUT2D eigenvalue weighted by atomic mass is 16.5. The lowest BCUT2D eigenvalue weighted by Gasteiger charge is -2.14. The molecular formula is C19H23N5O2. The molecule has 1 saturated carbocycles. The van der Waals surface area contributed by atoms with Crippen LogP contribution in [0.15, 0.2) is 35.1 Å². The Balaban J connectivity index is 1.32. The first-order valence-corrected chi connectivity index (χ1v) is 9.24. The molecule has 0 bridgehead atoms. The molecule has 1 aliphatic rings. The highest BCUT2D eigenvalue weighted by molar-refractivity contribution is 5.83. The maximum Gasteiger partial charge on any atom is 0.242 e. The van der Waals surface area contributed by atoms with Crippen molar-refractivity contribution in [2.75, 3.05) is 6.54 Å². The van der Waals surface area contributed by atoms with Crippen molar-refractivity contribution in [2.45, 2.75) is 51.0 Å². The summed E-state index contributed by atoms with van der Waals surface area (Å²) in [6.07, 6.45) is 7.02. The maximum absolute atomic E-state index is 12.5. The standard InChI is InChI=1S/C19H23N5O2/c1-13(24-12-21-15-8-4-5-9-16(15)24)18(25)20-11-10-17-22-19(26-23-17)14-6-2-3-7-14/h4-5,8-9,12-14H,2-3,6-7,10-11H2,1H3,(H,20,25)/t13-/m1/s1. The van der Waals surface area contributed by atoms with Crippen LogP contribution < -0.4 is 5.32 Å². The molecule has 1 fully saturated rings. The number of carbonyl (C=O) groups is 1. The molecule has 0 spiro atoms. The van der Waals surface area contributed by atoms with E-state index in [9.17, 15) is 4.79 Å². The van der Waals surface area contributed by atoms with Crippen LogP contribution in [-0.2, 0) is 11.2 Å². The second-order valence-electron chi connectivity index (χ2n) is 6.89.